The molecule has 1 unspecified atom stereocenters. The second kappa shape index (κ2) is 5.91. The molecule has 19 heavy (non-hydrogen) atoms. The average Bonchev–Trinajstić information content (AvgIpc) is 2.59. The summed E-state index contributed by atoms with van der Waals surface area (Å²) in [5, 5.41) is 9.77. The SMILES string of the molecule is CCC(O)c1ccc(N2CCCC(C)(C)CC2)cn1. The van der Waals surface area contributed by atoms with E-state index in [4.69, 9.17) is 0 Å². The van der Waals surface area contributed by atoms with E-state index in [2.05, 4.69) is 29.8 Å². The second-order valence-electron chi connectivity index (χ2n) is 6.37. The fourth-order valence-corrected chi connectivity index (χ4v) is 2.67. The highest BCUT2D eigenvalue weighted by atomic mass is 16.3. The maximum absolute atomic E-state index is 9.77. The Morgan fingerprint density at radius 2 is 2.11 bits per heavy atom. The van der Waals surface area contributed by atoms with E-state index in [0.717, 1.165) is 18.8 Å². The van der Waals surface area contributed by atoms with Gasteiger partial charge in [0.25, 0.3) is 0 Å². The molecule has 1 saturated heterocycles. The van der Waals surface area contributed by atoms with Crippen LogP contribution in [0.4, 0.5) is 5.69 Å². The van der Waals surface area contributed by atoms with Crippen LogP contribution in [0.15, 0.2) is 18.3 Å². The summed E-state index contributed by atoms with van der Waals surface area (Å²) in [5.74, 6) is 0. The van der Waals surface area contributed by atoms with Crippen molar-refractivity contribution in [3.63, 3.8) is 0 Å². The van der Waals surface area contributed by atoms with Crippen LogP contribution in [0, 0.1) is 5.41 Å². The standard InChI is InChI=1S/C16H26N2O/c1-4-15(19)14-7-6-13(12-17-14)18-10-5-8-16(2,3)9-11-18/h6-7,12,15,19H,4-5,8-11H2,1-3H3. The summed E-state index contributed by atoms with van der Waals surface area (Å²) in [4.78, 5) is 6.82. The molecule has 3 nitrogen and oxygen atoms in total. The topological polar surface area (TPSA) is 36.4 Å². The number of aromatic nitrogens is 1. The van der Waals surface area contributed by atoms with Gasteiger partial charge in [-0.3, -0.25) is 4.98 Å². The molecule has 0 radical (unpaired) electrons. The third-order valence-corrected chi connectivity index (χ3v) is 4.20. The highest BCUT2D eigenvalue weighted by molar-refractivity contribution is 5.44. The molecule has 0 aromatic carbocycles. The number of hydrogen-bond donors (Lipinski definition) is 1. The zero-order chi connectivity index (χ0) is 13.9. The molecule has 3 heteroatoms. The molecule has 2 rings (SSSR count). The van der Waals surface area contributed by atoms with Gasteiger partial charge < -0.3 is 10.0 Å². The van der Waals surface area contributed by atoms with E-state index in [1.807, 2.05) is 19.2 Å². The van der Waals surface area contributed by atoms with E-state index in [1.54, 1.807) is 0 Å². The predicted molar refractivity (Wildman–Crippen MR) is 79.3 cm³/mol. The van der Waals surface area contributed by atoms with E-state index < -0.39 is 6.10 Å². The molecule has 1 fully saturated rings. The summed E-state index contributed by atoms with van der Waals surface area (Å²) in [6.45, 7) is 8.90. The molecule has 106 valence electrons. The lowest BCUT2D eigenvalue weighted by Gasteiger charge is -2.24. The van der Waals surface area contributed by atoms with Crippen LogP contribution in [0.25, 0.3) is 0 Å². The molecule has 1 atom stereocenters. The van der Waals surface area contributed by atoms with Crippen LogP contribution in [-0.2, 0) is 0 Å². The molecular weight excluding hydrogens is 236 g/mol. The molecule has 0 bridgehead atoms. The van der Waals surface area contributed by atoms with Gasteiger partial charge in [-0.25, -0.2) is 0 Å². The van der Waals surface area contributed by atoms with Crippen molar-refractivity contribution >= 4 is 5.69 Å². The van der Waals surface area contributed by atoms with Gasteiger partial charge >= 0.3 is 0 Å². The third-order valence-electron chi connectivity index (χ3n) is 4.20. The summed E-state index contributed by atoms with van der Waals surface area (Å²) in [6, 6.07) is 4.05. The fourth-order valence-electron chi connectivity index (χ4n) is 2.67. The first kappa shape index (κ1) is 14.3. The van der Waals surface area contributed by atoms with Gasteiger partial charge in [-0.1, -0.05) is 20.8 Å². The first-order chi connectivity index (χ1) is 9.02. The summed E-state index contributed by atoms with van der Waals surface area (Å²) in [7, 11) is 0. The van der Waals surface area contributed by atoms with Crippen molar-refractivity contribution in [2.75, 3.05) is 18.0 Å². The number of pyridine rings is 1. The summed E-state index contributed by atoms with van der Waals surface area (Å²) in [5.41, 5.74) is 2.42. The smallest absolute Gasteiger partial charge is 0.0957 e. The molecule has 1 aliphatic heterocycles. The van der Waals surface area contributed by atoms with E-state index in [1.165, 1.54) is 24.9 Å². The van der Waals surface area contributed by atoms with Crippen LogP contribution in [-0.4, -0.2) is 23.2 Å². The van der Waals surface area contributed by atoms with Crippen LogP contribution in [0.3, 0.4) is 0 Å². The van der Waals surface area contributed by atoms with E-state index in [-0.39, 0.29) is 0 Å². The minimum Gasteiger partial charge on any atom is -0.387 e. The Morgan fingerprint density at radius 3 is 2.74 bits per heavy atom. The highest BCUT2D eigenvalue weighted by Gasteiger charge is 2.23. The van der Waals surface area contributed by atoms with Crippen molar-refractivity contribution in [1.82, 2.24) is 4.98 Å². The normalized spacial score (nSPS) is 20.9. The molecular formula is C16H26N2O. The lowest BCUT2D eigenvalue weighted by molar-refractivity contribution is 0.169. The maximum atomic E-state index is 9.77. The molecule has 2 heterocycles. The Balaban J connectivity index is 2.05. The van der Waals surface area contributed by atoms with Gasteiger partial charge in [0.15, 0.2) is 0 Å². The van der Waals surface area contributed by atoms with Gasteiger partial charge in [0.2, 0.25) is 0 Å². The van der Waals surface area contributed by atoms with Gasteiger partial charge in [0.05, 0.1) is 23.7 Å². The van der Waals surface area contributed by atoms with E-state index in [9.17, 15) is 5.11 Å². The highest BCUT2D eigenvalue weighted by Crippen LogP contribution is 2.31. The molecule has 0 saturated carbocycles. The minimum atomic E-state index is -0.433. The van der Waals surface area contributed by atoms with Crippen LogP contribution < -0.4 is 4.90 Å². The number of anilines is 1. The van der Waals surface area contributed by atoms with Crippen molar-refractivity contribution in [3.8, 4) is 0 Å². The Kier molecular flexibility index (Phi) is 4.46. The largest absolute Gasteiger partial charge is 0.387 e. The monoisotopic (exact) mass is 262 g/mol. The minimum absolute atomic E-state index is 0.433. The quantitative estimate of drug-likeness (QED) is 0.905. The van der Waals surface area contributed by atoms with Gasteiger partial charge in [0.1, 0.15) is 0 Å². The van der Waals surface area contributed by atoms with E-state index in [0.29, 0.717) is 11.8 Å². The Bertz CT molecular complexity index is 400. The summed E-state index contributed by atoms with van der Waals surface area (Å²) < 4.78 is 0. The fraction of sp³-hybridized carbons (Fsp3) is 0.688. The Labute approximate surface area is 116 Å². The Morgan fingerprint density at radius 1 is 1.32 bits per heavy atom. The second-order valence-corrected chi connectivity index (χ2v) is 6.37. The van der Waals surface area contributed by atoms with Crippen LogP contribution >= 0.6 is 0 Å². The predicted octanol–water partition coefficient (Wildman–Crippen LogP) is 3.54. The number of aliphatic hydroxyl groups excluding tert-OH is 1. The average molecular weight is 262 g/mol. The van der Waals surface area contributed by atoms with Crippen LogP contribution in [0.2, 0.25) is 0 Å². The van der Waals surface area contributed by atoms with Crippen molar-refractivity contribution in [2.24, 2.45) is 5.41 Å². The van der Waals surface area contributed by atoms with Gasteiger partial charge in [0, 0.05) is 13.1 Å². The van der Waals surface area contributed by atoms with Crippen molar-refractivity contribution in [1.29, 1.82) is 0 Å². The number of nitrogens with zero attached hydrogens (tertiary/aromatic N) is 2. The number of hydrogen-bond acceptors (Lipinski definition) is 3. The van der Waals surface area contributed by atoms with Gasteiger partial charge in [-0.2, -0.15) is 0 Å². The lowest BCUT2D eigenvalue weighted by atomic mass is 9.85. The third kappa shape index (κ3) is 3.69. The zero-order valence-electron chi connectivity index (χ0n) is 12.4. The molecule has 0 aliphatic carbocycles. The summed E-state index contributed by atoms with van der Waals surface area (Å²) in [6.07, 6.45) is 5.95. The van der Waals surface area contributed by atoms with Crippen molar-refractivity contribution in [3.05, 3.63) is 24.0 Å². The van der Waals surface area contributed by atoms with Crippen molar-refractivity contribution < 1.29 is 5.11 Å². The zero-order valence-corrected chi connectivity index (χ0v) is 12.4. The first-order valence-corrected chi connectivity index (χ1v) is 7.41. The summed E-state index contributed by atoms with van der Waals surface area (Å²) >= 11 is 0. The number of aliphatic hydroxyl groups is 1. The molecule has 0 amide bonds. The van der Waals surface area contributed by atoms with E-state index >= 15 is 0 Å². The molecule has 0 spiro atoms. The van der Waals surface area contributed by atoms with Gasteiger partial charge in [-0.05, 0) is 43.2 Å². The first-order valence-electron chi connectivity index (χ1n) is 7.41. The lowest BCUT2D eigenvalue weighted by Crippen LogP contribution is -2.25. The Hall–Kier alpha value is -1.09. The molecule has 1 aromatic rings. The molecule has 1 aromatic heterocycles. The molecule has 1 N–H and O–H groups in total. The van der Waals surface area contributed by atoms with Gasteiger partial charge in [-0.15, -0.1) is 0 Å². The van der Waals surface area contributed by atoms with Crippen LogP contribution in [0.5, 0.6) is 0 Å². The van der Waals surface area contributed by atoms with Crippen LogP contribution in [0.1, 0.15) is 58.3 Å². The molecule has 1 aliphatic rings. The van der Waals surface area contributed by atoms with Crippen molar-refractivity contribution in [2.45, 2.75) is 52.6 Å². The maximum Gasteiger partial charge on any atom is 0.0957 e. The number of rotatable bonds is 3.